The van der Waals surface area contributed by atoms with E-state index in [4.69, 9.17) is 4.42 Å². The van der Waals surface area contributed by atoms with E-state index in [1.807, 2.05) is 35.0 Å². The van der Waals surface area contributed by atoms with E-state index in [0.717, 1.165) is 25.1 Å². The largest absolute Gasteiger partial charge is 0.419 e. The molecule has 0 amide bonds. The van der Waals surface area contributed by atoms with Crippen LogP contribution in [0.15, 0.2) is 47.4 Å². The van der Waals surface area contributed by atoms with Crippen molar-refractivity contribution in [3.8, 4) is 11.5 Å². The maximum atomic E-state index is 5.93. The Bertz CT molecular complexity index is 770. The van der Waals surface area contributed by atoms with Crippen molar-refractivity contribution in [2.24, 2.45) is 0 Å². The van der Waals surface area contributed by atoms with E-state index in [9.17, 15) is 0 Å². The molecule has 2 aromatic heterocycles. The van der Waals surface area contributed by atoms with Gasteiger partial charge in [0, 0.05) is 11.6 Å². The van der Waals surface area contributed by atoms with Gasteiger partial charge in [-0.1, -0.05) is 18.2 Å². The highest BCUT2D eigenvalue weighted by Crippen LogP contribution is 2.30. The smallest absolute Gasteiger partial charge is 0.247 e. The van der Waals surface area contributed by atoms with Gasteiger partial charge < -0.3 is 4.42 Å². The Labute approximate surface area is 140 Å². The maximum Gasteiger partial charge on any atom is 0.247 e. The summed E-state index contributed by atoms with van der Waals surface area (Å²) in [5.41, 5.74) is 0.948. The van der Waals surface area contributed by atoms with Gasteiger partial charge in [0.2, 0.25) is 11.8 Å². The zero-order valence-corrected chi connectivity index (χ0v) is 13.6. The van der Waals surface area contributed by atoms with E-state index in [0.29, 0.717) is 17.8 Å². The van der Waals surface area contributed by atoms with Crippen LogP contribution in [0.25, 0.3) is 11.5 Å². The summed E-state index contributed by atoms with van der Waals surface area (Å²) in [5, 5.41) is 12.7. The van der Waals surface area contributed by atoms with Gasteiger partial charge in [-0.05, 0) is 38.4 Å². The van der Waals surface area contributed by atoms with E-state index in [1.54, 1.807) is 12.7 Å². The Morgan fingerprint density at radius 2 is 2.12 bits per heavy atom. The molecule has 0 aliphatic carbocycles. The van der Waals surface area contributed by atoms with Crippen LogP contribution in [0.2, 0.25) is 0 Å². The fourth-order valence-corrected chi connectivity index (χ4v) is 3.35. The summed E-state index contributed by atoms with van der Waals surface area (Å²) in [5.74, 6) is 1.24. The third kappa shape index (κ3) is 2.94. The summed E-state index contributed by atoms with van der Waals surface area (Å²) >= 11 is 0. The second-order valence-electron chi connectivity index (χ2n) is 6.14. The van der Waals surface area contributed by atoms with Gasteiger partial charge in [0.15, 0.2) is 0 Å². The second kappa shape index (κ2) is 6.52. The monoisotopic (exact) mass is 324 g/mol. The van der Waals surface area contributed by atoms with Gasteiger partial charge in [0.25, 0.3) is 0 Å². The first kappa shape index (κ1) is 15.0. The minimum atomic E-state index is 0.0889. The zero-order valence-electron chi connectivity index (χ0n) is 13.6. The first-order valence-corrected chi connectivity index (χ1v) is 8.28. The van der Waals surface area contributed by atoms with Gasteiger partial charge in [-0.3, -0.25) is 9.58 Å². The fourth-order valence-electron chi connectivity index (χ4n) is 3.35. The highest BCUT2D eigenvalue weighted by molar-refractivity contribution is 5.51. The van der Waals surface area contributed by atoms with Crippen molar-refractivity contribution in [1.82, 2.24) is 29.9 Å². The lowest BCUT2D eigenvalue weighted by molar-refractivity contribution is 0.152. The molecule has 0 bridgehead atoms. The van der Waals surface area contributed by atoms with Crippen molar-refractivity contribution < 1.29 is 4.42 Å². The molecule has 24 heavy (non-hydrogen) atoms. The van der Waals surface area contributed by atoms with Crippen molar-refractivity contribution in [3.63, 3.8) is 0 Å². The molecule has 4 rings (SSSR count). The van der Waals surface area contributed by atoms with E-state index in [2.05, 4.69) is 32.1 Å². The third-order valence-electron chi connectivity index (χ3n) is 4.60. The standard InChI is InChI=1S/C17H20N6O/c1-13(16-20-21-17(24-16)14-6-3-2-4-7-14)23-9-5-8-15(23)10-22-12-18-11-19-22/h2-4,6-7,11-13,15H,5,8-10H2,1H3/t13-,15-/m1/s1. The van der Waals surface area contributed by atoms with Gasteiger partial charge in [-0.25, -0.2) is 4.98 Å². The highest BCUT2D eigenvalue weighted by atomic mass is 16.4. The van der Waals surface area contributed by atoms with Gasteiger partial charge in [0.05, 0.1) is 12.6 Å². The lowest BCUT2D eigenvalue weighted by Gasteiger charge is -2.28. The van der Waals surface area contributed by atoms with Crippen LogP contribution in [0.4, 0.5) is 0 Å². The van der Waals surface area contributed by atoms with Crippen LogP contribution in [0, 0.1) is 0 Å². The fraction of sp³-hybridized carbons (Fsp3) is 0.412. The van der Waals surface area contributed by atoms with Crippen molar-refractivity contribution in [3.05, 3.63) is 48.9 Å². The van der Waals surface area contributed by atoms with Crippen LogP contribution in [-0.4, -0.2) is 42.4 Å². The molecular formula is C17H20N6O. The molecular weight excluding hydrogens is 304 g/mol. The van der Waals surface area contributed by atoms with Crippen LogP contribution in [0.5, 0.6) is 0 Å². The molecule has 0 spiro atoms. The van der Waals surface area contributed by atoms with Crippen LogP contribution in [0.3, 0.4) is 0 Å². The number of benzene rings is 1. The van der Waals surface area contributed by atoms with Crippen molar-refractivity contribution in [1.29, 1.82) is 0 Å². The van der Waals surface area contributed by atoms with Crippen molar-refractivity contribution in [2.45, 2.75) is 38.4 Å². The SMILES string of the molecule is C[C@H](c1nnc(-c2ccccc2)o1)N1CCC[C@@H]1Cn1cncn1. The first-order valence-electron chi connectivity index (χ1n) is 8.28. The molecule has 0 saturated carbocycles. The van der Waals surface area contributed by atoms with E-state index < -0.39 is 0 Å². The van der Waals surface area contributed by atoms with Crippen LogP contribution >= 0.6 is 0 Å². The molecule has 0 radical (unpaired) electrons. The van der Waals surface area contributed by atoms with Gasteiger partial charge in [0.1, 0.15) is 12.7 Å². The molecule has 3 aromatic rings. The van der Waals surface area contributed by atoms with Crippen molar-refractivity contribution >= 4 is 0 Å². The molecule has 1 aliphatic heterocycles. The molecule has 124 valence electrons. The Morgan fingerprint density at radius 3 is 2.92 bits per heavy atom. The molecule has 0 unspecified atom stereocenters. The lowest BCUT2D eigenvalue weighted by atomic mass is 10.2. The minimum absolute atomic E-state index is 0.0889. The average Bonchev–Trinajstić information content (AvgIpc) is 3.37. The average molecular weight is 324 g/mol. The van der Waals surface area contributed by atoms with Gasteiger partial charge >= 0.3 is 0 Å². The summed E-state index contributed by atoms with van der Waals surface area (Å²) < 4.78 is 7.82. The highest BCUT2D eigenvalue weighted by Gasteiger charge is 2.32. The summed E-state index contributed by atoms with van der Waals surface area (Å²) in [6.07, 6.45) is 5.65. The van der Waals surface area contributed by atoms with Crippen molar-refractivity contribution in [2.75, 3.05) is 6.54 Å². The summed E-state index contributed by atoms with van der Waals surface area (Å²) in [4.78, 5) is 6.44. The topological polar surface area (TPSA) is 72.9 Å². The normalized spacial score (nSPS) is 19.6. The lowest BCUT2D eigenvalue weighted by Crippen LogP contribution is -2.35. The maximum absolute atomic E-state index is 5.93. The summed E-state index contributed by atoms with van der Waals surface area (Å²) in [6, 6.07) is 10.4. The quantitative estimate of drug-likeness (QED) is 0.718. The third-order valence-corrected chi connectivity index (χ3v) is 4.60. The second-order valence-corrected chi connectivity index (χ2v) is 6.14. The van der Waals surface area contributed by atoms with E-state index in [1.165, 1.54) is 6.42 Å². The van der Waals surface area contributed by atoms with Crippen LogP contribution in [-0.2, 0) is 6.54 Å². The molecule has 7 nitrogen and oxygen atoms in total. The zero-order chi connectivity index (χ0) is 16.4. The molecule has 7 heteroatoms. The Balaban J connectivity index is 1.50. The predicted molar refractivity (Wildman–Crippen MR) is 87.9 cm³/mol. The summed E-state index contributed by atoms with van der Waals surface area (Å²) in [6.45, 7) is 4.00. The molecule has 1 aliphatic rings. The number of aromatic nitrogens is 5. The molecule has 1 aromatic carbocycles. The Kier molecular flexibility index (Phi) is 4.08. The van der Waals surface area contributed by atoms with Gasteiger partial charge in [-0.2, -0.15) is 5.10 Å². The molecule has 2 atom stereocenters. The first-order chi connectivity index (χ1) is 11.8. The number of likely N-dealkylation sites (tertiary alicyclic amines) is 1. The number of hydrogen-bond donors (Lipinski definition) is 0. The number of nitrogens with zero attached hydrogens (tertiary/aromatic N) is 6. The van der Waals surface area contributed by atoms with Crippen LogP contribution < -0.4 is 0 Å². The van der Waals surface area contributed by atoms with Gasteiger partial charge in [-0.15, -0.1) is 10.2 Å². The number of rotatable bonds is 5. The summed E-state index contributed by atoms with van der Waals surface area (Å²) in [7, 11) is 0. The molecule has 1 saturated heterocycles. The minimum Gasteiger partial charge on any atom is -0.419 e. The molecule has 0 N–H and O–H groups in total. The van der Waals surface area contributed by atoms with E-state index >= 15 is 0 Å². The molecule has 3 heterocycles. The Morgan fingerprint density at radius 1 is 1.25 bits per heavy atom. The predicted octanol–water partition coefficient (Wildman–Crippen LogP) is 2.55. The van der Waals surface area contributed by atoms with Crippen LogP contribution in [0.1, 0.15) is 31.7 Å². The van der Waals surface area contributed by atoms with E-state index in [-0.39, 0.29) is 6.04 Å². The molecule has 1 fully saturated rings. The Hall–Kier alpha value is -2.54. The number of hydrogen-bond acceptors (Lipinski definition) is 6.